The molecular formula is C15H15NO2. The number of fused-ring (bicyclic) bond motifs is 1. The van der Waals surface area contributed by atoms with E-state index in [1.54, 1.807) is 13.0 Å². The second-order valence-corrected chi connectivity index (χ2v) is 4.61. The second kappa shape index (κ2) is 5.05. The molecule has 2 rings (SSSR count). The van der Waals surface area contributed by atoms with Gasteiger partial charge in [0.1, 0.15) is 11.6 Å². The summed E-state index contributed by atoms with van der Waals surface area (Å²) in [5.41, 5.74) is 3.85. The maximum atomic E-state index is 11.0. The van der Waals surface area contributed by atoms with Crippen molar-refractivity contribution in [3.8, 4) is 6.07 Å². The molecule has 3 nitrogen and oxygen atoms in total. The quantitative estimate of drug-likeness (QED) is 0.639. The molecular weight excluding hydrogens is 226 g/mol. The van der Waals surface area contributed by atoms with E-state index < -0.39 is 5.97 Å². The van der Waals surface area contributed by atoms with Crippen molar-refractivity contribution in [3.05, 3.63) is 40.5 Å². The molecule has 18 heavy (non-hydrogen) atoms. The molecule has 0 fully saturated rings. The summed E-state index contributed by atoms with van der Waals surface area (Å²) in [6, 6.07) is 7.77. The predicted molar refractivity (Wildman–Crippen MR) is 68.9 cm³/mol. The van der Waals surface area contributed by atoms with E-state index in [9.17, 15) is 4.79 Å². The van der Waals surface area contributed by atoms with Crippen LogP contribution in [0.2, 0.25) is 0 Å². The van der Waals surface area contributed by atoms with Crippen molar-refractivity contribution >= 4 is 11.5 Å². The SMILES string of the molecule is C/C(=C(/C#N)C(=O)O)c1ccc2c(c1)CCCC2. The molecule has 1 aliphatic rings. The summed E-state index contributed by atoms with van der Waals surface area (Å²) in [4.78, 5) is 11.0. The highest BCUT2D eigenvalue weighted by Gasteiger charge is 2.14. The molecule has 0 aromatic heterocycles. The van der Waals surface area contributed by atoms with Crippen LogP contribution in [0.4, 0.5) is 0 Å². The minimum absolute atomic E-state index is 0.175. The fourth-order valence-electron chi connectivity index (χ4n) is 2.40. The van der Waals surface area contributed by atoms with E-state index in [0.717, 1.165) is 18.4 Å². The maximum absolute atomic E-state index is 11.0. The Kier molecular flexibility index (Phi) is 3.47. The van der Waals surface area contributed by atoms with Crippen molar-refractivity contribution < 1.29 is 9.90 Å². The van der Waals surface area contributed by atoms with Gasteiger partial charge in [-0.2, -0.15) is 5.26 Å². The molecule has 1 aromatic carbocycles. The number of benzene rings is 1. The van der Waals surface area contributed by atoms with Crippen LogP contribution in [0.5, 0.6) is 0 Å². The molecule has 92 valence electrons. The fourth-order valence-corrected chi connectivity index (χ4v) is 2.40. The Morgan fingerprint density at radius 2 is 1.94 bits per heavy atom. The molecule has 0 amide bonds. The molecule has 0 aliphatic heterocycles. The van der Waals surface area contributed by atoms with Gasteiger partial charge in [-0.05, 0) is 54.9 Å². The number of nitriles is 1. The third-order valence-corrected chi connectivity index (χ3v) is 3.48. The summed E-state index contributed by atoms with van der Waals surface area (Å²) in [7, 11) is 0. The van der Waals surface area contributed by atoms with E-state index in [1.807, 2.05) is 12.1 Å². The van der Waals surface area contributed by atoms with Crippen LogP contribution in [-0.4, -0.2) is 11.1 Å². The molecule has 1 aromatic rings. The van der Waals surface area contributed by atoms with Crippen LogP contribution < -0.4 is 0 Å². The molecule has 1 N–H and O–H groups in total. The van der Waals surface area contributed by atoms with Gasteiger partial charge in [0.05, 0.1) is 0 Å². The van der Waals surface area contributed by atoms with Crippen molar-refractivity contribution in [1.29, 1.82) is 5.26 Å². The van der Waals surface area contributed by atoms with E-state index in [0.29, 0.717) is 5.57 Å². The average molecular weight is 241 g/mol. The number of carboxylic acids is 1. The summed E-state index contributed by atoms with van der Waals surface area (Å²) < 4.78 is 0. The van der Waals surface area contributed by atoms with Crippen LogP contribution in [0.25, 0.3) is 5.57 Å². The number of allylic oxidation sites excluding steroid dienone is 1. The number of hydrogen-bond donors (Lipinski definition) is 1. The van der Waals surface area contributed by atoms with Gasteiger partial charge < -0.3 is 5.11 Å². The van der Waals surface area contributed by atoms with Gasteiger partial charge in [-0.1, -0.05) is 18.2 Å². The normalized spacial score (nSPS) is 15.3. The van der Waals surface area contributed by atoms with Crippen molar-refractivity contribution in [1.82, 2.24) is 0 Å². The summed E-state index contributed by atoms with van der Waals surface area (Å²) in [5, 5.41) is 17.8. The summed E-state index contributed by atoms with van der Waals surface area (Å²) in [6.45, 7) is 1.69. The van der Waals surface area contributed by atoms with Crippen molar-refractivity contribution in [3.63, 3.8) is 0 Å². The number of aryl methyl sites for hydroxylation is 2. The first-order valence-corrected chi connectivity index (χ1v) is 6.10. The molecule has 1 aliphatic carbocycles. The average Bonchev–Trinajstić information content (AvgIpc) is 2.38. The monoisotopic (exact) mass is 241 g/mol. The van der Waals surface area contributed by atoms with Crippen molar-refractivity contribution in [2.24, 2.45) is 0 Å². The Bertz CT molecular complexity index is 564. The van der Waals surface area contributed by atoms with Gasteiger partial charge in [0.25, 0.3) is 0 Å². The molecule has 0 atom stereocenters. The van der Waals surface area contributed by atoms with E-state index in [1.165, 1.54) is 24.0 Å². The number of carbonyl (C=O) groups is 1. The lowest BCUT2D eigenvalue weighted by Gasteiger charge is -2.16. The molecule has 0 unspecified atom stereocenters. The van der Waals surface area contributed by atoms with Gasteiger partial charge in [-0.3, -0.25) is 0 Å². The fraction of sp³-hybridized carbons (Fsp3) is 0.333. The zero-order valence-corrected chi connectivity index (χ0v) is 10.4. The first-order chi connectivity index (χ1) is 8.63. The minimum atomic E-state index is -1.16. The Morgan fingerprint density at radius 1 is 1.28 bits per heavy atom. The summed E-state index contributed by atoms with van der Waals surface area (Å²) in [6.07, 6.45) is 4.55. The third kappa shape index (κ3) is 2.28. The molecule has 0 heterocycles. The standard InChI is InChI=1S/C15H15NO2/c1-10(14(9-16)15(17)18)12-7-6-11-4-2-3-5-13(11)8-12/h6-8H,2-5H2,1H3,(H,17,18)/b14-10+. The molecule has 0 spiro atoms. The van der Waals surface area contributed by atoms with E-state index in [-0.39, 0.29) is 5.57 Å². The summed E-state index contributed by atoms with van der Waals surface area (Å²) in [5.74, 6) is -1.16. The first kappa shape index (κ1) is 12.4. The van der Waals surface area contributed by atoms with Gasteiger partial charge >= 0.3 is 5.97 Å². The van der Waals surface area contributed by atoms with Crippen molar-refractivity contribution in [2.75, 3.05) is 0 Å². The highest BCUT2D eigenvalue weighted by molar-refractivity contribution is 6.00. The second-order valence-electron chi connectivity index (χ2n) is 4.61. The summed E-state index contributed by atoms with van der Waals surface area (Å²) >= 11 is 0. The zero-order valence-electron chi connectivity index (χ0n) is 10.4. The van der Waals surface area contributed by atoms with Gasteiger partial charge in [-0.25, -0.2) is 4.79 Å². The number of aliphatic carboxylic acids is 1. The topological polar surface area (TPSA) is 61.1 Å². The minimum Gasteiger partial charge on any atom is -0.477 e. The number of nitrogens with zero attached hydrogens (tertiary/aromatic N) is 1. The van der Waals surface area contributed by atoms with Crippen LogP contribution in [0.3, 0.4) is 0 Å². The maximum Gasteiger partial charge on any atom is 0.346 e. The third-order valence-electron chi connectivity index (χ3n) is 3.48. The van der Waals surface area contributed by atoms with E-state index in [2.05, 4.69) is 6.07 Å². The Labute approximate surface area is 106 Å². The molecule has 0 saturated heterocycles. The van der Waals surface area contributed by atoms with Crippen LogP contribution in [-0.2, 0) is 17.6 Å². The van der Waals surface area contributed by atoms with Crippen LogP contribution in [0.1, 0.15) is 36.5 Å². The number of carboxylic acid groups (broad SMARTS) is 1. The van der Waals surface area contributed by atoms with Gasteiger partial charge in [0.15, 0.2) is 0 Å². The smallest absolute Gasteiger partial charge is 0.346 e. The van der Waals surface area contributed by atoms with Gasteiger partial charge in [-0.15, -0.1) is 0 Å². The highest BCUT2D eigenvalue weighted by Crippen LogP contribution is 2.26. The number of hydrogen-bond acceptors (Lipinski definition) is 2. The Balaban J connectivity index is 2.46. The van der Waals surface area contributed by atoms with Crippen LogP contribution >= 0.6 is 0 Å². The number of rotatable bonds is 2. The Hall–Kier alpha value is -2.08. The molecule has 0 bridgehead atoms. The van der Waals surface area contributed by atoms with Gasteiger partial charge in [0.2, 0.25) is 0 Å². The Morgan fingerprint density at radius 3 is 2.56 bits per heavy atom. The van der Waals surface area contributed by atoms with Crippen LogP contribution in [0.15, 0.2) is 23.8 Å². The first-order valence-electron chi connectivity index (χ1n) is 6.10. The largest absolute Gasteiger partial charge is 0.477 e. The van der Waals surface area contributed by atoms with E-state index in [4.69, 9.17) is 10.4 Å². The molecule has 3 heteroatoms. The lowest BCUT2D eigenvalue weighted by Crippen LogP contribution is -2.04. The van der Waals surface area contributed by atoms with Crippen LogP contribution in [0, 0.1) is 11.3 Å². The molecule has 0 saturated carbocycles. The molecule has 0 radical (unpaired) electrons. The predicted octanol–water partition coefficient (Wildman–Crippen LogP) is 2.95. The van der Waals surface area contributed by atoms with Crippen molar-refractivity contribution in [2.45, 2.75) is 32.6 Å². The van der Waals surface area contributed by atoms with E-state index >= 15 is 0 Å². The zero-order chi connectivity index (χ0) is 13.1. The highest BCUT2D eigenvalue weighted by atomic mass is 16.4. The lowest BCUT2D eigenvalue weighted by molar-refractivity contribution is -0.132. The lowest BCUT2D eigenvalue weighted by atomic mass is 9.88. The van der Waals surface area contributed by atoms with Gasteiger partial charge in [0, 0.05) is 0 Å².